The summed E-state index contributed by atoms with van der Waals surface area (Å²) in [5.41, 5.74) is 7.11. The summed E-state index contributed by atoms with van der Waals surface area (Å²) < 4.78 is 11.8. The fourth-order valence-electron chi connectivity index (χ4n) is 4.28. The topological polar surface area (TPSA) is 155 Å². The van der Waals surface area contributed by atoms with Gasteiger partial charge >= 0.3 is 0 Å². The standard InChI is InChI=1S/C36H53ClN6O4/c1-21(2)16-27(37)31(23(5)6)43-32-29(30(39)22(3)4)33(44)42-28(41-32)17-25-12-14-26(15-13-25)47-36(10,11)34(45)40-19-35(8,9)20-46-24(7)18-38/h12-16,22,24,39H,5,17-20,38H2,1-4,6-11H3,(H,40,45)(H2,41,42,43,44)/b31-27-,39-30?. The maximum Gasteiger partial charge on any atom is 0.263 e. The lowest BCUT2D eigenvalue weighted by atomic mass is 9.94. The van der Waals surface area contributed by atoms with E-state index in [0.717, 1.165) is 11.1 Å². The van der Waals surface area contributed by atoms with Crippen LogP contribution in [0.2, 0.25) is 0 Å². The largest absolute Gasteiger partial charge is 0.478 e. The Morgan fingerprint density at radius 3 is 2.30 bits per heavy atom. The average Bonchev–Trinajstić information content (AvgIpc) is 2.97. The second kappa shape index (κ2) is 16.9. The van der Waals surface area contributed by atoms with Gasteiger partial charge in [-0.25, -0.2) is 4.98 Å². The van der Waals surface area contributed by atoms with Gasteiger partial charge in [-0.1, -0.05) is 63.6 Å². The van der Waals surface area contributed by atoms with Crippen molar-refractivity contribution in [1.29, 1.82) is 5.41 Å². The maximum absolute atomic E-state index is 13.3. The number of aromatic nitrogens is 2. The number of halogens is 1. The number of rotatable bonds is 17. The van der Waals surface area contributed by atoms with Gasteiger partial charge in [0.25, 0.3) is 11.5 Å². The Kier molecular flexibility index (Phi) is 14.2. The Bertz CT molecular complexity index is 1550. The fourth-order valence-corrected chi connectivity index (χ4v) is 4.70. The number of H-pyrrole nitrogens is 1. The normalized spacial score (nSPS) is 13.0. The first kappa shape index (κ1) is 39.4. The third-order valence-electron chi connectivity index (χ3n) is 7.17. The highest BCUT2D eigenvalue weighted by Crippen LogP contribution is 2.25. The summed E-state index contributed by atoms with van der Waals surface area (Å²) in [6, 6.07) is 7.25. The van der Waals surface area contributed by atoms with Crippen molar-refractivity contribution in [1.82, 2.24) is 15.3 Å². The molecule has 0 bridgehead atoms. The number of benzene rings is 1. The van der Waals surface area contributed by atoms with Crippen LogP contribution >= 0.6 is 11.6 Å². The fraction of sp³-hybridized carbons (Fsp3) is 0.500. The molecule has 0 saturated carbocycles. The first-order valence-electron chi connectivity index (χ1n) is 15.8. The molecule has 0 aliphatic rings. The third kappa shape index (κ3) is 12.1. The van der Waals surface area contributed by atoms with Crippen LogP contribution < -0.4 is 26.7 Å². The van der Waals surface area contributed by atoms with E-state index in [9.17, 15) is 9.59 Å². The predicted molar refractivity (Wildman–Crippen MR) is 192 cm³/mol. The highest BCUT2D eigenvalue weighted by molar-refractivity contribution is 6.32. The predicted octanol–water partition coefficient (Wildman–Crippen LogP) is 6.45. The number of carbonyl (C=O) groups is 1. The number of nitrogens with two attached hydrogens (primary N) is 1. The van der Waals surface area contributed by atoms with Crippen LogP contribution in [0.5, 0.6) is 5.75 Å². The van der Waals surface area contributed by atoms with Gasteiger partial charge in [0.1, 0.15) is 23.0 Å². The van der Waals surface area contributed by atoms with E-state index in [0.29, 0.717) is 54.0 Å². The summed E-state index contributed by atoms with van der Waals surface area (Å²) in [5, 5.41) is 15.2. The zero-order valence-corrected chi connectivity index (χ0v) is 30.4. The van der Waals surface area contributed by atoms with Gasteiger partial charge in [-0.3, -0.25) is 9.59 Å². The van der Waals surface area contributed by atoms with Crippen molar-refractivity contribution in [2.75, 3.05) is 25.0 Å². The quantitative estimate of drug-likeness (QED) is 0.0958. The molecule has 6 N–H and O–H groups in total. The van der Waals surface area contributed by atoms with Gasteiger partial charge in [-0.2, -0.15) is 0 Å². The number of amides is 1. The van der Waals surface area contributed by atoms with Crippen molar-refractivity contribution in [3.8, 4) is 5.75 Å². The van der Waals surface area contributed by atoms with Crippen LogP contribution in [0, 0.1) is 16.7 Å². The lowest BCUT2D eigenvalue weighted by molar-refractivity contribution is -0.134. The molecule has 0 spiro atoms. The number of nitrogens with zero attached hydrogens (tertiary/aromatic N) is 1. The van der Waals surface area contributed by atoms with Crippen molar-refractivity contribution < 1.29 is 14.3 Å². The molecule has 2 aromatic rings. The molecule has 0 aliphatic heterocycles. The van der Waals surface area contributed by atoms with Crippen molar-refractivity contribution >= 4 is 29.0 Å². The second-order valence-electron chi connectivity index (χ2n) is 13.8. The number of nitrogens with one attached hydrogen (secondary N) is 4. The van der Waals surface area contributed by atoms with Gasteiger partial charge in [-0.15, -0.1) is 0 Å². The Balaban J connectivity index is 2.27. The summed E-state index contributed by atoms with van der Waals surface area (Å²) >= 11 is 6.60. The molecule has 1 aromatic heterocycles. The summed E-state index contributed by atoms with van der Waals surface area (Å²) in [6.45, 7) is 24.1. The first-order chi connectivity index (χ1) is 21.8. The zero-order valence-electron chi connectivity index (χ0n) is 29.6. The summed E-state index contributed by atoms with van der Waals surface area (Å²) in [7, 11) is 0. The minimum atomic E-state index is -1.13. The molecule has 1 unspecified atom stereocenters. The van der Waals surface area contributed by atoms with Gasteiger partial charge in [0, 0.05) is 24.9 Å². The van der Waals surface area contributed by atoms with E-state index in [-0.39, 0.29) is 40.4 Å². The van der Waals surface area contributed by atoms with Gasteiger partial charge in [0.15, 0.2) is 5.60 Å². The van der Waals surface area contributed by atoms with Crippen molar-refractivity contribution in [3.05, 3.63) is 86.1 Å². The molecule has 0 saturated heterocycles. The van der Waals surface area contributed by atoms with Gasteiger partial charge in [-0.05, 0) is 76.8 Å². The molecule has 47 heavy (non-hydrogen) atoms. The molecule has 11 heteroatoms. The highest BCUT2D eigenvalue weighted by atomic mass is 35.5. The van der Waals surface area contributed by atoms with Gasteiger partial charge in [0.05, 0.1) is 29.2 Å². The molecule has 0 radical (unpaired) electrons. The number of anilines is 1. The summed E-state index contributed by atoms with van der Waals surface area (Å²) in [5.74, 6) is 0.695. The maximum atomic E-state index is 13.3. The molecule has 1 heterocycles. The van der Waals surface area contributed by atoms with E-state index >= 15 is 0 Å². The van der Waals surface area contributed by atoms with Crippen LogP contribution in [0.15, 0.2) is 63.6 Å². The SMILES string of the molecule is C=C(C)/C(Nc1nc(Cc2ccc(OC(C)(C)C(=O)NCC(C)(C)COC(C)CN)cc2)[nH]c(=O)c1C(=N)C(C)C)=C(/Cl)C=C(C)C. The van der Waals surface area contributed by atoms with Crippen LogP contribution in [0.1, 0.15) is 86.2 Å². The molecule has 0 aliphatic carbocycles. The van der Waals surface area contributed by atoms with E-state index < -0.39 is 11.2 Å². The Hall–Kier alpha value is -3.73. The van der Waals surface area contributed by atoms with Crippen LogP contribution in [0.3, 0.4) is 0 Å². The molecular formula is C36H53ClN6O4. The molecule has 2 rings (SSSR count). The minimum Gasteiger partial charge on any atom is -0.478 e. The smallest absolute Gasteiger partial charge is 0.263 e. The van der Waals surface area contributed by atoms with Crippen LogP contribution in [0.25, 0.3) is 0 Å². The average molecular weight is 669 g/mol. The Morgan fingerprint density at radius 1 is 1.15 bits per heavy atom. The number of carbonyl (C=O) groups excluding carboxylic acids is 1. The molecule has 1 amide bonds. The van der Waals surface area contributed by atoms with E-state index in [1.807, 2.05) is 60.6 Å². The van der Waals surface area contributed by atoms with Crippen LogP contribution in [0.4, 0.5) is 5.82 Å². The van der Waals surface area contributed by atoms with Crippen LogP contribution in [-0.2, 0) is 16.0 Å². The van der Waals surface area contributed by atoms with Crippen LogP contribution in [-0.4, -0.2) is 53.0 Å². The van der Waals surface area contributed by atoms with Crippen molar-refractivity contribution in [2.45, 2.75) is 87.4 Å². The van der Waals surface area contributed by atoms with Gasteiger partial charge < -0.3 is 36.2 Å². The number of aromatic amines is 1. The van der Waals surface area contributed by atoms with E-state index in [2.05, 4.69) is 22.2 Å². The second-order valence-corrected chi connectivity index (χ2v) is 14.2. The zero-order chi connectivity index (χ0) is 35.7. The molecular weight excluding hydrogens is 616 g/mol. The van der Waals surface area contributed by atoms with E-state index in [1.165, 1.54) is 0 Å². The molecule has 0 fully saturated rings. The minimum absolute atomic E-state index is 0.0514. The van der Waals surface area contributed by atoms with E-state index in [1.54, 1.807) is 39.0 Å². The molecule has 10 nitrogen and oxygen atoms in total. The number of ether oxygens (including phenoxy) is 2. The molecule has 1 atom stereocenters. The molecule has 1 aromatic carbocycles. The number of hydrogen-bond donors (Lipinski definition) is 5. The number of allylic oxidation sites excluding steroid dienone is 4. The van der Waals surface area contributed by atoms with Crippen molar-refractivity contribution in [3.63, 3.8) is 0 Å². The molecule has 258 valence electrons. The monoisotopic (exact) mass is 668 g/mol. The Morgan fingerprint density at radius 2 is 1.77 bits per heavy atom. The summed E-state index contributed by atoms with van der Waals surface area (Å²) in [4.78, 5) is 33.9. The third-order valence-corrected chi connectivity index (χ3v) is 7.47. The van der Waals surface area contributed by atoms with Crippen molar-refractivity contribution in [2.24, 2.45) is 17.1 Å². The highest BCUT2D eigenvalue weighted by Gasteiger charge is 2.32. The van der Waals surface area contributed by atoms with Gasteiger partial charge in [0.2, 0.25) is 0 Å². The van der Waals surface area contributed by atoms with E-state index in [4.69, 9.17) is 37.2 Å². The lowest BCUT2D eigenvalue weighted by Crippen LogP contribution is -2.49. The Labute approximate surface area is 284 Å². The lowest BCUT2D eigenvalue weighted by Gasteiger charge is -2.30. The number of hydrogen-bond acceptors (Lipinski definition) is 8. The first-order valence-corrected chi connectivity index (χ1v) is 16.2. The summed E-state index contributed by atoms with van der Waals surface area (Å²) in [6.07, 6.45) is 2.05.